The molecular formula is C17H18N2. The fourth-order valence-corrected chi connectivity index (χ4v) is 2.46. The molecule has 0 saturated carbocycles. The van der Waals surface area contributed by atoms with Gasteiger partial charge < -0.3 is 9.88 Å². The molecule has 0 unspecified atom stereocenters. The van der Waals surface area contributed by atoms with Gasteiger partial charge in [0.25, 0.3) is 0 Å². The van der Waals surface area contributed by atoms with Crippen LogP contribution in [0.4, 0.5) is 0 Å². The molecule has 0 aliphatic heterocycles. The Balaban J connectivity index is 2.09. The molecule has 1 aromatic heterocycles. The van der Waals surface area contributed by atoms with Gasteiger partial charge in [-0.05, 0) is 42.9 Å². The van der Waals surface area contributed by atoms with Crippen molar-refractivity contribution in [2.75, 3.05) is 14.1 Å². The number of hydrogen-bond donors (Lipinski definition) is 1. The molecule has 0 amide bonds. The zero-order valence-electron chi connectivity index (χ0n) is 11.4. The van der Waals surface area contributed by atoms with E-state index in [0.29, 0.717) is 0 Å². The molecule has 0 aliphatic rings. The summed E-state index contributed by atoms with van der Waals surface area (Å²) in [5.41, 5.74) is 5.09. The van der Waals surface area contributed by atoms with E-state index in [0.717, 1.165) is 6.54 Å². The second-order valence-corrected chi connectivity index (χ2v) is 5.18. The molecular weight excluding hydrogens is 232 g/mol. The van der Waals surface area contributed by atoms with Crippen LogP contribution >= 0.6 is 0 Å². The van der Waals surface area contributed by atoms with E-state index in [9.17, 15) is 0 Å². The van der Waals surface area contributed by atoms with Gasteiger partial charge in [-0.25, -0.2) is 0 Å². The molecule has 3 aromatic rings. The molecule has 3 rings (SSSR count). The van der Waals surface area contributed by atoms with Crippen molar-refractivity contribution in [2.24, 2.45) is 0 Å². The van der Waals surface area contributed by atoms with E-state index in [-0.39, 0.29) is 0 Å². The van der Waals surface area contributed by atoms with Crippen LogP contribution in [0.2, 0.25) is 0 Å². The third-order valence-corrected chi connectivity index (χ3v) is 3.36. The lowest BCUT2D eigenvalue weighted by Crippen LogP contribution is -2.10. The summed E-state index contributed by atoms with van der Waals surface area (Å²) in [6, 6.07) is 17.1. The van der Waals surface area contributed by atoms with Crippen molar-refractivity contribution in [1.82, 2.24) is 9.88 Å². The Labute approximate surface area is 113 Å². The third kappa shape index (κ3) is 2.40. The van der Waals surface area contributed by atoms with Crippen molar-refractivity contribution in [1.29, 1.82) is 0 Å². The molecule has 2 heteroatoms. The number of aromatic amines is 1. The van der Waals surface area contributed by atoms with Gasteiger partial charge in [0.1, 0.15) is 0 Å². The smallest absolute Gasteiger partial charge is 0.0457 e. The number of rotatable bonds is 3. The lowest BCUT2D eigenvalue weighted by molar-refractivity contribution is 0.404. The minimum Gasteiger partial charge on any atom is -0.361 e. The summed E-state index contributed by atoms with van der Waals surface area (Å²) in [7, 11) is 4.19. The molecule has 96 valence electrons. The first kappa shape index (κ1) is 12.0. The monoisotopic (exact) mass is 250 g/mol. The van der Waals surface area contributed by atoms with Crippen LogP contribution in [0.5, 0.6) is 0 Å². The molecule has 1 heterocycles. The molecule has 2 aromatic carbocycles. The lowest BCUT2D eigenvalue weighted by atomic mass is 10.0. The largest absolute Gasteiger partial charge is 0.361 e. The molecule has 0 fully saturated rings. The predicted molar refractivity (Wildman–Crippen MR) is 81.1 cm³/mol. The number of H-pyrrole nitrogens is 1. The highest BCUT2D eigenvalue weighted by molar-refractivity contribution is 5.88. The van der Waals surface area contributed by atoms with Crippen LogP contribution in [-0.4, -0.2) is 24.0 Å². The summed E-state index contributed by atoms with van der Waals surface area (Å²) >= 11 is 0. The average molecular weight is 250 g/mol. The molecule has 0 saturated heterocycles. The minimum atomic E-state index is 0.957. The van der Waals surface area contributed by atoms with Crippen LogP contribution in [0.3, 0.4) is 0 Å². The standard InChI is InChI=1S/C17H18N2/c1-19(2)12-15-11-18-17-9-8-14(10-16(15)17)13-6-4-3-5-7-13/h3-11,18H,12H2,1-2H3. The number of hydrogen-bond acceptors (Lipinski definition) is 1. The quantitative estimate of drug-likeness (QED) is 0.747. The van der Waals surface area contributed by atoms with Gasteiger partial charge in [-0.1, -0.05) is 36.4 Å². The summed E-state index contributed by atoms with van der Waals surface area (Å²) in [5.74, 6) is 0. The van der Waals surface area contributed by atoms with Gasteiger partial charge in [0, 0.05) is 23.6 Å². The Morgan fingerprint density at radius 3 is 2.47 bits per heavy atom. The Morgan fingerprint density at radius 2 is 1.74 bits per heavy atom. The highest BCUT2D eigenvalue weighted by Gasteiger charge is 2.06. The van der Waals surface area contributed by atoms with Gasteiger partial charge in [-0.2, -0.15) is 0 Å². The van der Waals surface area contributed by atoms with Crippen molar-refractivity contribution in [3.8, 4) is 11.1 Å². The highest BCUT2D eigenvalue weighted by Crippen LogP contribution is 2.26. The topological polar surface area (TPSA) is 19.0 Å². The number of nitrogens with one attached hydrogen (secondary N) is 1. The van der Waals surface area contributed by atoms with Crippen LogP contribution in [0.25, 0.3) is 22.0 Å². The lowest BCUT2D eigenvalue weighted by Gasteiger charge is -2.08. The fourth-order valence-electron chi connectivity index (χ4n) is 2.46. The first-order valence-corrected chi connectivity index (χ1v) is 6.54. The van der Waals surface area contributed by atoms with Crippen LogP contribution in [0.1, 0.15) is 5.56 Å². The summed E-state index contributed by atoms with van der Waals surface area (Å²) in [5, 5.41) is 1.31. The van der Waals surface area contributed by atoms with E-state index in [4.69, 9.17) is 0 Å². The van der Waals surface area contributed by atoms with Crippen LogP contribution in [0.15, 0.2) is 54.7 Å². The molecule has 1 N–H and O–H groups in total. The molecule has 0 spiro atoms. The van der Waals surface area contributed by atoms with E-state index in [1.54, 1.807) is 0 Å². The number of nitrogens with zero attached hydrogens (tertiary/aromatic N) is 1. The second-order valence-electron chi connectivity index (χ2n) is 5.18. The van der Waals surface area contributed by atoms with Crippen molar-refractivity contribution < 1.29 is 0 Å². The minimum absolute atomic E-state index is 0.957. The van der Waals surface area contributed by atoms with Crippen molar-refractivity contribution in [3.05, 3.63) is 60.3 Å². The summed E-state index contributed by atoms with van der Waals surface area (Å²) in [6.45, 7) is 0.957. The van der Waals surface area contributed by atoms with Gasteiger partial charge in [0.05, 0.1) is 0 Å². The number of benzene rings is 2. The van der Waals surface area contributed by atoms with Crippen molar-refractivity contribution in [2.45, 2.75) is 6.54 Å². The fraction of sp³-hybridized carbons (Fsp3) is 0.176. The van der Waals surface area contributed by atoms with Gasteiger partial charge in [-0.15, -0.1) is 0 Å². The first-order valence-electron chi connectivity index (χ1n) is 6.54. The van der Waals surface area contributed by atoms with Crippen molar-refractivity contribution >= 4 is 10.9 Å². The summed E-state index contributed by atoms with van der Waals surface area (Å²) in [6.07, 6.45) is 2.11. The zero-order chi connectivity index (χ0) is 13.2. The molecule has 0 radical (unpaired) electrons. The Kier molecular flexibility index (Phi) is 3.10. The maximum atomic E-state index is 3.35. The Bertz CT molecular complexity index is 681. The van der Waals surface area contributed by atoms with Crippen LogP contribution in [-0.2, 0) is 6.54 Å². The normalized spacial score (nSPS) is 11.3. The van der Waals surface area contributed by atoms with E-state index in [1.165, 1.54) is 27.6 Å². The van der Waals surface area contributed by atoms with Gasteiger partial charge >= 0.3 is 0 Å². The Morgan fingerprint density at radius 1 is 0.947 bits per heavy atom. The van der Waals surface area contributed by atoms with E-state index in [1.807, 2.05) is 0 Å². The molecule has 2 nitrogen and oxygen atoms in total. The summed E-state index contributed by atoms with van der Waals surface area (Å²) < 4.78 is 0. The van der Waals surface area contributed by atoms with E-state index < -0.39 is 0 Å². The molecule has 0 atom stereocenters. The molecule has 0 bridgehead atoms. The molecule has 19 heavy (non-hydrogen) atoms. The van der Waals surface area contributed by atoms with Gasteiger partial charge in [-0.3, -0.25) is 0 Å². The van der Waals surface area contributed by atoms with Crippen molar-refractivity contribution in [3.63, 3.8) is 0 Å². The zero-order valence-corrected chi connectivity index (χ0v) is 11.4. The predicted octanol–water partition coefficient (Wildman–Crippen LogP) is 3.90. The SMILES string of the molecule is CN(C)Cc1c[nH]c2ccc(-c3ccccc3)cc12. The van der Waals surface area contributed by atoms with E-state index >= 15 is 0 Å². The second kappa shape index (κ2) is 4.90. The molecule has 0 aliphatic carbocycles. The number of fused-ring (bicyclic) bond motifs is 1. The van der Waals surface area contributed by atoms with E-state index in [2.05, 4.69) is 78.7 Å². The first-order chi connectivity index (χ1) is 9.24. The Hall–Kier alpha value is -2.06. The van der Waals surface area contributed by atoms with Gasteiger partial charge in [0.15, 0.2) is 0 Å². The summed E-state index contributed by atoms with van der Waals surface area (Å²) in [4.78, 5) is 5.54. The average Bonchev–Trinajstić information content (AvgIpc) is 2.82. The van der Waals surface area contributed by atoms with Gasteiger partial charge in [0.2, 0.25) is 0 Å². The van der Waals surface area contributed by atoms with Crippen LogP contribution in [0, 0.1) is 0 Å². The maximum absolute atomic E-state index is 3.35. The number of aromatic nitrogens is 1. The van der Waals surface area contributed by atoms with Crippen LogP contribution < -0.4 is 0 Å². The maximum Gasteiger partial charge on any atom is 0.0457 e. The third-order valence-electron chi connectivity index (χ3n) is 3.36. The highest BCUT2D eigenvalue weighted by atomic mass is 15.0.